The molecule has 0 unspecified atom stereocenters. The van der Waals surface area contributed by atoms with Crippen molar-refractivity contribution in [1.29, 1.82) is 5.41 Å². The van der Waals surface area contributed by atoms with Crippen LogP contribution in [0.2, 0.25) is 0 Å². The maximum absolute atomic E-state index is 13.1. The van der Waals surface area contributed by atoms with Crippen LogP contribution >= 0.6 is 12.4 Å². The van der Waals surface area contributed by atoms with E-state index in [-0.39, 0.29) is 36.5 Å². The molecule has 0 atom stereocenters. The highest BCUT2D eigenvalue weighted by atomic mass is 35.5. The predicted molar refractivity (Wildman–Crippen MR) is 157 cm³/mol. The minimum absolute atomic E-state index is 0. The molecule has 5 rings (SSSR count). The fourth-order valence-electron chi connectivity index (χ4n) is 4.95. The van der Waals surface area contributed by atoms with Crippen molar-refractivity contribution in [1.82, 2.24) is 0 Å². The molecule has 0 saturated carbocycles. The summed E-state index contributed by atoms with van der Waals surface area (Å²) in [6.45, 7) is 0.916. The Kier molecular flexibility index (Phi) is 8.44. The number of nitrogens with one attached hydrogen (secondary N) is 2. The molecule has 7 heteroatoms. The number of hydrogen-bond acceptors (Lipinski definition) is 4. The largest absolute Gasteiger partial charge is 0.384 e. The fraction of sp³-hybridized carbons (Fsp3) is 0.194. The monoisotopic (exact) mass is 526 g/mol. The van der Waals surface area contributed by atoms with Crippen LogP contribution in [0, 0.1) is 5.41 Å². The molecule has 6 nitrogen and oxygen atoms in total. The molecule has 0 aromatic heterocycles. The molecule has 0 aliphatic carbocycles. The highest BCUT2D eigenvalue weighted by Gasteiger charge is 2.22. The van der Waals surface area contributed by atoms with Crippen molar-refractivity contribution in [2.75, 3.05) is 23.3 Å². The molecule has 1 aliphatic heterocycles. The van der Waals surface area contributed by atoms with Crippen molar-refractivity contribution in [3.63, 3.8) is 0 Å². The minimum Gasteiger partial charge on any atom is -0.384 e. The van der Waals surface area contributed by atoms with Crippen LogP contribution in [0.25, 0.3) is 10.8 Å². The molecule has 0 radical (unpaired) electrons. The maximum Gasteiger partial charge on any atom is 0.227 e. The van der Waals surface area contributed by atoms with Crippen molar-refractivity contribution >= 4 is 52.1 Å². The molecular weight excluding hydrogens is 496 g/mol. The van der Waals surface area contributed by atoms with Gasteiger partial charge in [0.15, 0.2) is 5.78 Å². The Bertz CT molecular complexity index is 1480. The number of hydrogen-bond donors (Lipinski definition) is 3. The zero-order chi connectivity index (χ0) is 25.8. The Labute approximate surface area is 228 Å². The first kappa shape index (κ1) is 26.9. The third kappa shape index (κ3) is 5.87. The first-order valence-electron chi connectivity index (χ1n) is 12.6. The summed E-state index contributed by atoms with van der Waals surface area (Å²) in [7, 11) is 0. The first-order chi connectivity index (χ1) is 18.0. The number of amides is 1. The van der Waals surface area contributed by atoms with Gasteiger partial charge in [0.1, 0.15) is 5.84 Å². The van der Waals surface area contributed by atoms with Gasteiger partial charge in [-0.2, -0.15) is 0 Å². The van der Waals surface area contributed by atoms with E-state index in [2.05, 4.69) is 11.4 Å². The van der Waals surface area contributed by atoms with Crippen molar-refractivity contribution in [2.45, 2.75) is 25.7 Å². The summed E-state index contributed by atoms with van der Waals surface area (Å²) in [6, 6.07) is 27.2. The second-order valence-corrected chi connectivity index (χ2v) is 9.41. The molecule has 1 heterocycles. The number of anilines is 2. The van der Waals surface area contributed by atoms with Gasteiger partial charge in [0.05, 0.1) is 6.54 Å². The molecule has 0 bridgehead atoms. The molecule has 1 amide bonds. The van der Waals surface area contributed by atoms with E-state index in [0.717, 1.165) is 51.7 Å². The number of rotatable bonds is 8. The Morgan fingerprint density at radius 1 is 0.947 bits per heavy atom. The van der Waals surface area contributed by atoms with Crippen molar-refractivity contribution < 1.29 is 9.59 Å². The van der Waals surface area contributed by atoms with Crippen LogP contribution < -0.4 is 16.0 Å². The molecule has 38 heavy (non-hydrogen) atoms. The Balaban J connectivity index is 0.00000336. The molecule has 194 valence electrons. The fourth-order valence-corrected chi connectivity index (χ4v) is 4.95. The van der Waals surface area contributed by atoms with Crippen LogP contribution in [0.3, 0.4) is 0 Å². The van der Waals surface area contributed by atoms with Gasteiger partial charge in [-0.25, -0.2) is 0 Å². The van der Waals surface area contributed by atoms with E-state index >= 15 is 0 Å². The van der Waals surface area contributed by atoms with Crippen molar-refractivity contribution in [2.24, 2.45) is 5.73 Å². The second-order valence-electron chi connectivity index (χ2n) is 9.41. The second kappa shape index (κ2) is 11.9. The number of carbonyl (C=O) groups excluding carboxylic acids is 2. The first-order valence-corrected chi connectivity index (χ1v) is 12.6. The van der Waals surface area contributed by atoms with Gasteiger partial charge in [0.2, 0.25) is 5.91 Å². The lowest BCUT2D eigenvalue weighted by Crippen LogP contribution is -2.35. The number of amidine groups is 1. The number of nitrogens with two attached hydrogens (primary N) is 1. The Hall–Kier alpha value is -4.16. The van der Waals surface area contributed by atoms with Gasteiger partial charge < -0.3 is 16.0 Å². The van der Waals surface area contributed by atoms with Crippen molar-refractivity contribution in [3.8, 4) is 0 Å². The quantitative estimate of drug-likeness (QED) is 0.154. The standard InChI is InChI=1S/C31H30N4O2.ClH/c32-31(33)23-13-10-21(11-14-23)12-17-30(37)35-18-4-7-24-19-25(15-16-28(24)35)34-20-29(36)27-9-3-6-22-5-1-2-8-26(22)27;/h1-3,5-6,8-11,13-16,19,34H,4,7,12,17-18,20H2,(H3,32,33);1H. The van der Waals surface area contributed by atoms with E-state index in [0.29, 0.717) is 24.9 Å². The maximum atomic E-state index is 13.1. The van der Waals surface area contributed by atoms with Gasteiger partial charge in [-0.05, 0) is 59.4 Å². The van der Waals surface area contributed by atoms with E-state index in [1.165, 1.54) is 0 Å². The Morgan fingerprint density at radius 3 is 2.50 bits per heavy atom. The van der Waals surface area contributed by atoms with Crippen LogP contribution in [0.15, 0.2) is 84.9 Å². The normalized spacial score (nSPS) is 12.4. The molecule has 0 saturated heterocycles. The smallest absolute Gasteiger partial charge is 0.227 e. The number of benzene rings is 4. The summed E-state index contributed by atoms with van der Waals surface area (Å²) in [5.41, 5.74) is 10.9. The molecule has 4 aromatic carbocycles. The zero-order valence-corrected chi connectivity index (χ0v) is 21.9. The summed E-state index contributed by atoms with van der Waals surface area (Å²) in [4.78, 5) is 27.9. The molecule has 1 aliphatic rings. The molecule has 4 aromatic rings. The van der Waals surface area contributed by atoms with Crippen LogP contribution in [0.1, 0.15) is 39.9 Å². The van der Waals surface area contributed by atoms with Gasteiger partial charge in [0.25, 0.3) is 0 Å². The molecule has 4 N–H and O–H groups in total. The Morgan fingerprint density at radius 2 is 1.71 bits per heavy atom. The van der Waals surface area contributed by atoms with E-state index in [9.17, 15) is 9.59 Å². The van der Waals surface area contributed by atoms with Crippen LogP contribution in [0.4, 0.5) is 11.4 Å². The predicted octanol–water partition coefficient (Wildman–Crippen LogP) is 5.75. The highest BCUT2D eigenvalue weighted by molar-refractivity contribution is 6.09. The summed E-state index contributed by atoms with van der Waals surface area (Å²) in [6.07, 6.45) is 2.86. The summed E-state index contributed by atoms with van der Waals surface area (Å²) < 4.78 is 0. The van der Waals surface area contributed by atoms with E-state index in [4.69, 9.17) is 11.1 Å². The molecular formula is C31H31ClN4O2. The van der Waals surface area contributed by atoms with Gasteiger partial charge >= 0.3 is 0 Å². The zero-order valence-electron chi connectivity index (χ0n) is 21.1. The van der Waals surface area contributed by atoms with Gasteiger partial charge in [-0.15, -0.1) is 12.4 Å². The van der Waals surface area contributed by atoms with Gasteiger partial charge in [0, 0.05) is 35.5 Å². The number of Topliss-reactive ketones (excluding diaryl/α,β-unsaturated/α-hetero) is 1. The SMILES string of the molecule is Cl.N=C(N)c1ccc(CCC(=O)N2CCCc3cc(NCC(=O)c4cccc5ccccc45)ccc32)cc1. The third-order valence-electron chi connectivity index (χ3n) is 6.93. The van der Waals surface area contributed by atoms with Crippen molar-refractivity contribution in [3.05, 3.63) is 107 Å². The van der Waals surface area contributed by atoms with Gasteiger partial charge in [-0.3, -0.25) is 15.0 Å². The average molecular weight is 527 g/mol. The van der Waals surface area contributed by atoms with Crippen LogP contribution in [-0.4, -0.2) is 30.6 Å². The van der Waals surface area contributed by atoms with E-state index in [1.54, 1.807) is 0 Å². The minimum atomic E-state index is 0. The summed E-state index contributed by atoms with van der Waals surface area (Å²) >= 11 is 0. The van der Waals surface area contributed by atoms with Crippen LogP contribution in [-0.2, 0) is 17.6 Å². The summed E-state index contributed by atoms with van der Waals surface area (Å²) in [5.74, 6) is 0.186. The van der Waals surface area contributed by atoms with Gasteiger partial charge in [-0.1, -0.05) is 66.7 Å². The number of nitrogen functional groups attached to an aromatic ring is 1. The number of halogens is 1. The lowest BCUT2D eigenvalue weighted by atomic mass is 9.99. The molecule has 0 fully saturated rings. The lowest BCUT2D eigenvalue weighted by molar-refractivity contribution is -0.118. The van der Waals surface area contributed by atoms with Crippen LogP contribution in [0.5, 0.6) is 0 Å². The highest BCUT2D eigenvalue weighted by Crippen LogP contribution is 2.30. The average Bonchev–Trinajstić information content (AvgIpc) is 2.94. The van der Waals surface area contributed by atoms with E-state index in [1.807, 2.05) is 83.8 Å². The number of carbonyl (C=O) groups is 2. The lowest BCUT2D eigenvalue weighted by Gasteiger charge is -2.30. The number of aryl methyl sites for hydroxylation is 2. The molecule has 0 spiro atoms. The number of fused-ring (bicyclic) bond motifs is 2. The topological polar surface area (TPSA) is 99.3 Å². The third-order valence-corrected chi connectivity index (χ3v) is 6.93. The number of nitrogens with zero attached hydrogens (tertiary/aromatic N) is 1. The van der Waals surface area contributed by atoms with E-state index < -0.39 is 0 Å². The number of ketones is 1. The summed E-state index contributed by atoms with van der Waals surface area (Å²) in [5, 5.41) is 12.8.